The smallest absolute Gasteiger partial charge is 0.291 e. The first kappa shape index (κ1) is 63.6. The molecular weight excluding hydrogens is 1060 g/mol. The SMILES string of the molecule is CCC(C)(C)C(=O)C(=O)N1CCCC[C@H]1C(=O)C[C@H](CCc1ccc(OC)c(OC)c1)c1cccc(NC(=O)CCC(=O)NCCCOCCOCCOCCCNC(=O)COc2cccc3c2C(=O)N(C2CCC(=O)NC2=O)C3=O)c1. The van der Waals surface area contributed by atoms with E-state index >= 15 is 0 Å². The second-order valence-corrected chi connectivity index (χ2v) is 21.0. The van der Waals surface area contributed by atoms with Crippen molar-refractivity contribution in [3.63, 3.8) is 0 Å². The lowest BCUT2D eigenvalue weighted by Crippen LogP contribution is -2.54. The molecule has 4 N–H and O–H groups in total. The molecule has 3 atom stereocenters. The van der Waals surface area contributed by atoms with Gasteiger partial charge >= 0.3 is 0 Å². The largest absolute Gasteiger partial charge is 0.493 e. The second-order valence-electron chi connectivity index (χ2n) is 21.0. The molecule has 8 amide bonds. The number of imide groups is 2. The summed E-state index contributed by atoms with van der Waals surface area (Å²) in [7, 11) is 3.14. The van der Waals surface area contributed by atoms with Crippen molar-refractivity contribution >= 4 is 64.5 Å². The van der Waals surface area contributed by atoms with Crippen LogP contribution in [0.25, 0.3) is 0 Å². The van der Waals surface area contributed by atoms with Crippen molar-refractivity contribution in [3.05, 3.63) is 82.9 Å². The Balaban J connectivity index is 0.824. The van der Waals surface area contributed by atoms with Gasteiger partial charge in [-0.15, -0.1) is 0 Å². The number of likely N-dealkylation sites (tertiary alicyclic amines) is 1. The van der Waals surface area contributed by atoms with Crippen LogP contribution < -0.4 is 35.5 Å². The van der Waals surface area contributed by atoms with Gasteiger partial charge in [0.25, 0.3) is 23.6 Å². The summed E-state index contributed by atoms with van der Waals surface area (Å²) >= 11 is 0. The molecule has 3 aromatic carbocycles. The van der Waals surface area contributed by atoms with Crippen LogP contribution in [0.15, 0.2) is 60.7 Å². The highest BCUT2D eigenvalue weighted by Crippen LogP contribution is 2.36. The van der Waals surface area contributed by atoms with Gasteiger partial charge in [-0.3, -0.25) is 58.2 Å². The lowest BCUT2D eigenvalue weighted by Gasteiger charge is -2.36. The van der Waals surface area contributed by atoms with E-state index in [1.807, 2.05) is 43.3 Å². The number of ether oxygens (including phenoxy) is 6. The molecule has 2 saturated heterocycles. The van der Waals surface area contributed by atoms with Crippen LogP contribution in [0.3, 0.4) is 0 Å². The molecule has 0 aromatic heterocycles. The number of nitrogens with one attached hydrogen (secondary N) is 4. The predicted molar refractivity (Wildman–Crippen MR) is 299 cm³/mol. The first-order valence-electron chi connectivity index (χ1n) is 28.2. The number of methoxy groups -OCH3 is 2. The topological polar surface area (TPSA) is 281 Å². The summed E-state index contributed by atoms with van der Waals surface area (Å²) in [5, 5.41) is 10.6. The molecule has 22 nitrogen and oxygen atoms in total. The molecule has 444 valence electrons. The fourth-order valence-corrected chi connectivity index (χ4v) is 9.79. The van der Waals surface area contributed by atoms with E-state index in [9.17, 15) is 47.9 Å². The molecule has 6 rings (SSSR count). The first-order valence-corrected chi connectivity index (χ1v) is 28.2. The minimum absolute atomic E-state index is 0.00587. The summed E-state index contributed by atoms with van der Waals surface area (Å²) in [6.45, 7) is 8.04. The van der Waals surface area contributed by atoms with Gasteiger partial charge in [-0.1, -0.05) is 45.0 Å². The molecule has 0 saturated carbocycles. The number of benzene rings is 3. The fourth-order valence-electron chi connectivity index (χ4n) is 9.79. The fraction of sp³-hybridized carbons (Fsp3) is 0.533. The Bertz CT molecular complexity index is 2780. The Morgan fingerprint density at radius 1 is 0.732 bits per heavy atom. The number of hydrogen-bond acceptors (Lipinski definition) is 16. The highest BCUT2D eigenvalue weighted by atomic mass is 16.5. The van der Waals surface area contributed by atoms with Gasteiger partial charge in [0.1, 0.15) is 11.8 Å². The van der Waals surface area contributed by atoms with Crippen LogP contribution in [-0.4, -0.2) is 161 Å². The van der Waals surface area contributed by atoms with Gasteiger partial charge in [0, 0.05) is 69.6 Å². The number of ketones is 2. The summed E-state index contributed by atoms with van der Waals surface area (Å²) in [6.07, 6.45) is 4.72. The third-order valence-corrected chi connectivity index (χ3v) is 14.8. The van der Waals surface area contributed by atoms with Crippen molar-refractivity contribution in [1.29, 1.82) is 0 Å². The van der Waals surface area contributed by atoms with Gasteiger partial charge in [0.2, 0.25) is 29.4 Å². The Labute approximate surface area is 478 Å². The maximum absolute atomic E-state index is 14.3. The van der Waals surface area contributed by atoms with Gasteiger partial charge in [0.05, 0.1) is 57.8 Å². The van der Waals surface area contributed by atoms with Gasteiger partial charge in [-0.05, 0) is 111 Å². The lowest BCUT2D eigenvalue weighted by atomic mass is 9.82. The highest BCUT2D eigenvalue weighted by Gasteiger charge is 2.46. The molecule has 22 heteroatoms. The summed E-state index contributed by atoms with van der Waals surface area (Å²) in [6, 6.07) is 15.6. The summed E-state index contributed by atoms with van der Waals surface area (Å²) in [5.41, 5.74) is 1.49. The molecule has 2 fully saturated rings. The van der Waals surface area contributed by atoms with Crippen LogP contribution >= 0.6 is 0 Å². The van der Waals surface area contributed by atoms with Crippen molar-refractivity contribution in [2.75, 3.05) is 85.4 Å². The van der Waals surface area contributed by atoms with Crippen molar-refractivity contribution in [1.82, 2.24) is 25.8 Å². The Morgan fingerprint density at radius 2 is 1.40 bits per heavy atom. The van der Waals surface area contributed by atoms with E-state index in [1.54, 1.807) is 34.1 Å². The summed E-state index contributed by atoms with van der Waals surface area (Å²) < 4.78 is 33.3. The quantitative estimate of drug-likeness (QED) is 0.0347. The van der Waals surface area contributed by atoms with Crippen LogP contribution in [0.5, 0.6) is 17.2 Å². The monoisotopic (exact) mass is 1140 g/mol. The second kappa shape index (κ2) is 31.6. The Kier molecular flexibility index (Phi) is 24.5. The first-order chi connectivity index (χ1) is 39.5. The van der Waals surface area contributed by atoms with Crippen LogP contribution in [0.4, 0.5) is 5.69 Å². The number of hydrogen-bond donors (Lipinski definition) is 4. The van der Waals surface area contributed by atoms with Crippen molar-refractivity contribution in [3.8, 4) is 17.2 Å². The zero-order valence-corrected chi connectivity index (χ0v) is 47.7. The van der Waals surface area contributed by atoms with E-state index < -0.39 is 65.3 Å². The van der Waals surface area contributed by atoms with Crippen molar-refractivity contribution in [2.45, 2.75) is 122 Å². The van der Waals surface area contributed by atoms with E-state index in [1.165, 1.54) is 23.1 Å². The maximum atomic E-state index is 14.3. The number of Topliss-reactive ketones (excluding diaryl/α,β-unsaturated/α-hetero) is 2. The van der Waals surface area contributed by atoms with E-state index in [-0.39, 0.29) is 72.5 Å². The summed E-state index contributed by atoms with van der Waals surface area (Å²) in [5.74, 6) is -3.97. The van der Waals surface area contributed by atoms with Gasteiger partial charge in [-0.25, -0.2) is 0 Å². The van der Waals surface area contributed by atoms with Gasteiger partial charge in [-0.2, -0.15) is 0 Å². The average molecular weight is 1140 g/mol. The van der Waals surface area contributed by atoms with E-state index in [4.69, 9.17) is 28.4 Å². The molecule has 1 unspecified atom stereocenters. The van der Waals surface area contributed by atoms with E-state index in [0.717, 1.165) is 22.4 Å². The maximum Gasteiger partial charge on any atom is 0.291 e. The van der Waals surface area contributed by atoms with Crippen LogP contribution in [0.1, 0.15) is 136 Å². The number of anilines is 1. The Morgan fingerprint density at radius 3 is 2.09 bits per heavy atom. The number of fused-ring (bicyclic) bond motifs is 1. The number of nitrogens with zero attached hydrogens (tertiary/aromatic N) is 2. The third-order valence-electron chi connectivity index (χ3n) is 14.8. The lowest BCUT2D eigenvalue weighted by molar-refractivity contribution is -0.153. The average Bonchev–Trinajstić information content (AvgIpc) is 3.97. The molecule has 0 aliphatic carbocycles. The molecule has 0 radical (unpaired) electrons. The molecule has 3 aromatic rings. The summed E-state index contributed by atoms with van der Waals surface area (Å²) in [4.78, 5) is 132. The van der Waals surface area contributed by atoms with E-state index in [2.05, 4.69) is 21.3 Å². The minimum Gasteiger partial charge on any atom is -0.493 e. The third kappa shape index (κ3) is 18.0. The number of carbonyl (C=O) groups excluding carboxylic acids is 10. The number of amides is 8. The van der Waals surface area contributed by atoms with Crippen LogP contribution in [-0.2, 0) is 59.0 Å². The van der Waals surface area contributed by atoms with E-state index in [0.29, 0.717) is 121 Å². The zero-order valence-electron chi connectivity index (χ0n) is 47.7. The minimum atomic E-state index is -1.12. The highest BCUT2D eigenvalue weighted by molar-refractivity contribution is 6.38. The molecule has 3 aliphatic rings. The molecular formula is C60H78N6O16. The molecule has 3 heterocycles. The number of carbonyl (C=O) groups is 10. The van der Waals surface area contributed by atoms with Crippen LogP contribution in [0.2, 0.25) is 0 Å². The van der Waals surface area contributed by atoms with Crippen LogP contribution in [0, 0.1) is 5.41 Å². The molecule has 0 spiro atoms. The van der Waals surface area contributed by atoms with Crippen molar-refractivity contribution in [2.24, 2.45) is 5.41 Å². The number of piperidine rings is 2. The standard InChI is InChI=1S/C60H78N6O16/c1-6-60(2,3)55(72)59(76)65-28-8-7-16-44(65)46(67)37-41(20-18-39-19-22-47(77-4)49(35-39)78-5)40-13-9-14-42(36-40)63-51(69)25-24-50(68)61-26-11-29-79-31-33-81-34-32-80-30-12-27-62-53(71)38-82-48-17-10-15-43-54(48)58(75)66(57(43)74)45-21-23-52(70)64-56(45)73/h9-10,13-15,17,19,22,35-36,41,44-45H,6-8,11-12,16,18,20-21,23-34,37-38H2,1-5H3,(H,61,68)(H,62,71)(H,63,69)(H,64,70,73)/t41-,44-,45?/m0/s1. The predicted octanol–water partition coefficient (Wildman–Crippen LogP) is 5.03. The Hall–Kier alpha value is -7.56. The number of rotatable bonds is 34. The van der Waals surface area contributed by atoms with Gasteiger partial charge in [0.15, 0.2) is 23.9 Å². The zero-order chi connectivity index (χ0) is 59.2. The molecule has 0 bridgehead atoms. The van der Waals surface area contributed by atoms with Gasteiger partial charge < -0.3 is 49.3 Å². The molecule has 82 heavy (non-hydrogen) atoms. The van der Waals surface area contributed by atoms with Crippen molar-refractivity contribution < 1.29 is 76.4 Å². The molecule has 3 aliphatic heterocycles. The number of aryl methyl sites for hydroxylation is 1. The normalized spacial score (nSPS) is 16.5.